The van der Waals surface area contributed by atoms with Crippen molar-refractivity contribution in [3.8, 4) is 0 Å². The Bertz CT molecular complexity index is 267. The Morgan fingerprint density at radius 2 is 1.72 bits per heavy atom. The summed E-state index contributed by atoms with van der Waals surface area (Å²) < 4.78 is 0. The molecule has 2 unspecified atom stereocenters. The highest BCUT2D eigenvalue weighted by molar-refractivity contribution is 5.78. The van der Waals surface area contributed by atoms with Gasteiger partial charge in [0, 0.05) is 19.6 Å². The Balaban J connectivity index is 1.83. The number of nitrogens with two attached hydrogens (primary N) is 1. The zero-order valence-corrected chi connectivity index (χ0v) is 11.9. The van der Waals surface area contributed by atoms with Gasteiger partial charge in [-0.25, -0.2) is 0 Å². The summed E-state index contributed by atoms with van der Waals surface area (Å²) in [5, 5.41) is 0. The fourth-order valence-corrected chi connectivity index (χ4v) is 3.27. The van der Waals surface area contributed by atoms with Crippen LogP contribution in [-0.2, 0) is 0 Å². The van der Waals surface area contributed by atoms with Crippen LogP contribution in [0.1, 0.15) is 58.3 Å². The van der Waals surface area contributed by atoms with Gasteiger partial charge in [0.25, 0.3) is 0 Å². The molecule has 104 valence electrons. The molecule has 18 heavy (non-hydrogen) atoms. The van der Waals surface area contributed by atoms with Crippen LogP contribution in [0.15, 0.2) is 4.99 Å². The van der Waals surface area contributed by atoms with E-state index in [0.717, 1.165) is 37.4 Å². The monoisotopic (exact) mass is 251 g/mol. The molecule has 3 heteroatoms. The minimum absolute atomic E-state index is 0.768. The smallest absolute Gasteiger partial charge is 0.191 e. The molecule has 1 aliphatic heterocycles. The SMILES string of the molecule is CC1CCCCC1CN=C(N)N1CCCCCC1. The zero-order valence-electron chi connectivity index (χ0n) is 11.9. The van der Waals surface area contributed by atoms with Crippen molar-refractivity contribution in [2.45, 2.75) is 58.3 Å². The summed E-state index contributed by atoms with van der Waals surface area (Å²) in [6, 6.07) is 0. The molecule has 2 rings (SSSR count). The predicted molar refractivity (Wildman–Crippen MR) is 77.7 cm³/mol. The van der Waals surface area contributed by atoms with Gasteiger partial charge in [-0.15, -0.1) is 0 Å². The molecule has 0 bridgehead atoms. The molecule has 1 heterocycles. The fourth-order valence-electron chi connectivity index (χ4n) is 3.27. The Labute approximate surface area is 112 Å². The first-order valence-electron chi connectivity index (χ1n) is 7.82. The Morgan fingerprint density at radius 1 is 1.06 bits per heavy atom. The molecule has 0 aromatic carbocycles. The van der Waals surface area contributed by atoms with Crippen molar-refractivity contribution in [2.75, 3.05) is 19.6 Å². The highest BCUT2D eigenvalue weighted by atomic mass is 15.2. The van der Waals surface area contributed by atoms with Crippen molar-refractivity contribution in [1.82, 2.24) is 4.90 Å². The van der Waals surface area contributed by atoms with Crippen molar-refractivity contribution in [3.05, 3.63) is 0 Å². The van der Waals surface area contributed by atoms with Crippen molar-refractivity contribution in [1.29, 1.82) is 0 Å². The molecule has 0 radical (unpaired) electrons. The van der Waals surface area contributed by atoms with E-state index in [2.05, 4.69) is 16.8 Å². The van der Waals surface area contributed by atoms with Gasteiger partial charge in [-0.3, -0.25) is 4.99 Å². The maximum Gasteiger partial charge on any atom is 0.191 e. The number of hydrogen-bond donors (Lipinski definition) is 1. The van der Waals surface area contributed by atoms with Crippen LogP contribution in [0.25, 0.3) is 0 Å². The van der Waals surface area contributed by atoms with Crippen LogP contribution < -0.4 is 5.73 Å². The first-order valence-corrected chi connectivity index (χ1v) is 7.82. The number of aliphatic imine (C=N–C) groups is 1. The van der Waals surface area contributed by atoms with E-state index in [0.29, 0.717) is 0 Å². The second-order valence-corrected chi connectivity index (χ2v) is 6.12. The Morgan fingerprint density at radius 3 is 2.39 bits per heavy atom. The van der Waals surface area contributed by atoms with E-state index >= 15 is 0 Å². The van der Waals surface area contributed by atoms with Gasteiger partial charge in [0.2, 0.25) is 0 Å². The van der Waals surface area contributed by atoms with E-state index in [-0.39, 0.29) is 0 Å². The minimum Gasteiger partial charge on any atom is -0.370 e. The molecule has 3 nitrogen and oxygen atoms in total. The lowest BCUT2D eigenvalue weighted by atomic mass is 9.80. The van der Waals surface area contributed by atoms with Crippen molar-refractivity contribution < 1.29 is 0 Å². The molecule has 2 fully saturated rings. The minimum atomic E-state index is 0.768. The summed E-state index contributed by atoms with van der Waals surface area (Å²) in [4.78, 5) is 6.98. The summed E-state index contributed by atoms with van der Waals surface area (Å²) in [7, 11) is 0. The van der Waals surface area contributed by atoms with Gasteiger partial charge < -0.3 is 10.6 Å². The maximum absolute atomic E-state index is 6.16. The molecule has 0 aromatic heterocycles. The normalized spacial score (nSPS) is 31.2. The van der Waals surface area contributed by atoms with Crippen LogP contribution in [0, 0.1) is 11.8 Å². The van der Waals surface area contributed by atoms with E-state index in [1.165, 1.54) is 51.4 Å². The lowest BCUT2D eigenvalue weighted by Gasteiger charge is -2.28. The van der Waals surface area contributed by atoms with Gasteiger partial charge in [0.15, 0.2) is 5.96 Å². The van der Waals surface area contributed by atoms with Gasteiger partial charge in [0.1, 0.15) is 0 Å². The van der Waals surface area contributed by atoms with Crippen molar-refractivity contribution in [3.63, 3.8) is 0 Å². The molecule has 2 N–H and O–H groups in total. The third kappa shape index (κ3) is 3.89. The molecule has 0 aromatic rings. The largest absolute Gasteiger partial charge is 0.370 e. The summed E-state index contributed by atoms with van der Waals surface area (Å²) in [5.41, 5.74) is 6.16. The first-order chi connectivity index (χ1) is 8.77. The van der Waals surface area contributed by atoms with Crippen LogP contribution in [0.5, 0.6) is 0 Å². The molecular weight excluding hydrogens is 222 g/mol. The summed E-state index contributed by atoms with van der Waals surface area (Å²) in [5.74, 6) is 2.40. The van der Waals surface area contributed by atoms with E-state index in [1.54, 1.807) is 0 Å². The topological polar surface area (TPSA) is 41.6 Å². The zero-order chi connectivity index (χ0) is 12.8. The van der Waals surface area contributed by atoms with Gasteiger partial charge in [0.05, 0.1) is 0 Å². The van der Waals surface area contributed by atoms with Gasteiger partial charge in [-0.2, -0.15) is 0 Å². The van der Waals surface area contributed by atoms with Crippen LogP contribution in [0.4, 0.5) is 0 Å². The van der Waals surface area contributed by atoms with Crippen molar-refractivity contribution >= 4 is 5.96 Å². The standard InChI is InChI=1S/C15H29N3/c1-13-8-4-5-9-14(13)12-17-15(16)18-10-6-2-3-7-11-18/h13-14H,2-12H2,1H3,(H2,16,17). The summed E-state index contributed by atoms with van der Waals surface area (Å²) in [6.07, 6.45) is 10.8. The lowest BCUT2D eigenvalue weighted by Crippen LogP contribution is -2.38. The average molecular weight is 251 g/mol. The molecule has 2 aliphatic rings. The second kappa shape index (κ2) is 7.01. The molecule has 1 saturated carbocycles. The molecule has 1 saturated heterocycles. The number of likely N-dealkylation sites (tertiary alicyclic amines) is 1. The molecular formula is C15H29N3. The van der Waals surface area contributed by atoms with Crippen LogP contribution >= 0.6 is 0 Å². The number of rotatable bonds is 2. The molecule has 0 spiro atoms. The summed E-state index contributed by atoms with van der Waals surface area (Å²) in [6.45, 7) is 5.54. The average Bonchev–Trinajstić information content (AvgIpc) is 2.66. The van der Waals surface area contributed by atoms with Crippen LogP contribution in [-0.4, -0.2) is 30.5 Å². The summed E-state index contributed by atoms with van der Waals surface area (Å²) >= 11 is 0. The number of hydrogen-bond acceptors (Lipinski definition) is 1. The predicted octanol–water partition coefficient (Wildman–Crippen LogP) is 3.00. The quantitative estimate of drug-likeness (QED) is 0.605. The second-order valence-electron chi connectivity index (χ2n) is 6.12. The Hall–Kier alpha value is -0.730. The number of nitrogens with zero attached hydrogens (tertiary/aromatic N) is 2. The van der Waals surface area contributed by atoms with Gasteiger partial charge in [-0.05, 0) is 31.1 Å². The number of guanidine groups is 1. The first kappa shape index (κ1) is 13.7. The van der Waals surface area contributed by atoms with Crippen LogP contribution in [0.2, 0.25) is 0 Å². The van der Waals surface area contributed by atoms with E-state index in [9.17, 15) is 0 Å². The van der Waals surface area contributed by atoms with Crippen LogP contribution in [0.3, 0.4) is 0 Å². The molecule has 1 aliphatic carbocycles. The van der Waals surface area contributed by atoms with Gasteiger partial charge in [-0.1, -0.05) is 39.0 Å². The third-order valence-corrected chi connectivity index (χ3v) is 4.71. The van der Waals surface area contributed by atoms with Gasteiger partial charge >= 0.3 is 0 Å². The van der Waals surface area contributed by atoms with E-state index in [1.807, 2.05) is 0 Å². The molecule has 0 amide bonds. The third-order valence-electron chi connectivity index (χ3n) is 4.71. The van der Waals surface area contributed by atoms with E-state index in [4.69, 9.17) is 5.73 Å². The fraction of sp³-hybridized carbons (Fsp3) is 0.933. The highest BCUT2D eigenvalue weighted by Gasteiger charge is 2.21. The Kier molecular flexibility index (Phi) is 5.33. The molecule has 2 atom stereocenters. The van der Waals surface area contributed by atoms with Crippen molar-refractivity contribution in [2.24, 2.45) is 22.6 Å². The highest BCUT2D eigenvalue weighted by Crippen LogP contribution is 2.29. The van der Waals surface area contributed by atoms with E-state index < -0.39 is 0 Å². The maximum atomic E-state index is 6.16. The lowest BCUT2D eigenvalue weighted by molar-refractivity contribution is 0.262.